The molecule has 6 rings (SSSR count). The molecule has 1 fully saturated rings. The molecule has 1 aliphatic heterocycles. The lowest BCUT2D eigenvalue weighted by molar-refractivity contribution is -0.249. The van der Waals surface area contributed by atoms with Crippen molar-refractivity contribution in [2.24, 2.45) is 5.92 Å². The first-order chi connectivity index (χ1) is 33.0. The average molecular weight is 975 g/mol. The number of fused-ring (bicyclic) bond motifs is 3. The standard InChI is InChI=1S/C49H58N4O17/c1-7-21(2)40(53-46(64)22(3)50-47(65)30(51-33(56)15-16-34(57)58)17-25-11-13-26(55)14-12-25)48(66)52-29-18-35(69-23(4)41(29)59)70-32-20-49(67,24(5)54)19-28-37(32)45(63)39-38(43(28)61)42(60)27-9-8-10-31(68-6)36(27)44(39)62/h8-14,21-23,29-30,32,35,40-41,55,59,61,63,67H,7,15-20H2,1-6H3,(H,50,65)(H,51,56)(H,52,66)(H,53,64)(H,57,58)/t21-,22-,23-,29-,30-,32-,35-,40-,41+,49-/m0/s1. The summed E-state index contributed by atoms with van der Waals surface area (Å²) in [6.45, 7) is 7.40. The topological polar surface area (TPSA) is 334 Å². The van der Waals surface area contributed by atoms with E-state index in [2.05, 4.69) is 21.3 Å². The largest absolute Gasteiger partial charge is 0.508 e. The monoisotopic (exact) mass is 974 g/mol. The Morgan fingerprint density at radius 3 is 2.17 bits per heavy atom. The van der Waals surface area contributed by atoms with Gasteiger partial charge in [0.2, 0.25) is 29.4 Å². The van der Waals surface area contributed by atoms with Crippen molar-refractivity contribution in [3.05, 3.63) is 81.4 Å². The van der Waals surface area contributed by atoms with Crippen LogP contribution in [0.3, 0.4) is 0 Å². The van der Waals surface area contributed by atoms with Gasteiger partial charge >= 0.3 is 5.97 Å². The number of ketones is 3. The van der Waals surface area contributed by atoms with Gasteiger partial charge in [-0.25, -0.2) is 0 Å². The molecular formula is C49H58N4O17. The van der Waals surface area contributed by atoms with Crippen LogP contribution in [0, 0.1) is 5.92 Å². The molecular weight excluding hydrogens is 917 g/mol. The van der Waals surface area contributed by atoms with Crippen LogP contribution in [0.25, 0.3) is 0 Å². The number of aliphatic hydroxyl groups is 2. The second kappa shape index (κ2) is 21.4. The highest BCUT2D eigenvalue weighted by molar-refractivity contribution is 6.31. The molecule has 0 spiro atoms. The lowest BCUT2D eigenvalue weighted by atomic mass is 9.72. The zero-order chi connectivity index (χ0) is 51.5. The van der Waals surface area contributed by atoms with Gasteiger partial charge < -0.3 is 66.1 Å². The van der Waals surface area contributed by atoms with E-state index in [1.54, 1.807) is 13.8 Å². The quantitative estimate of drug-likeness (QED) is 0.0632. The van der Waals surface area contributed by atoms with Crippen LogP contribution >= 0.6 is 0 Å². The molecule has 0 saturated carbocycles. The molecule has 3 aromatic carbocycles. The van der Waals surface area contributed by atoms with Crippen molar-refractivity contribution in [1.29, 1.82) is 0 Å². The highest BCUT2D eigenvalue weighted by Crippen LogP contribution is 2.52. The molecule has 0 bridgehead atoms. The van der Waals surface area contributed by atoms with Crippen molar-refractivity contribution in [3.8, 4) is 23.0 Å². The van der Waals surface area contributed by atoms with Gasteiger partial charge in [-0.1, -0.05) is 44.5 Å². The number of carboxylic acids is 1. The van der Waals surface area contributed by atoms with Crippen LogP contribution in [0.15, 0.2) is 42.5 Å². The van der Waals surface area contributed by atoms with Crippen LogP contribution in [-0.2, 0) is 51.1 Å². The fraction of sp³-hybridized carbons (Fsp3) is 0.469. The molecule has 3 aliphatic rings. The van der Waals surface area contributed by atoms with Gasteiger partial charge in [-0.2, -0.15) is 0 Å². The van der Waals surface area contributed by atoms with E-state index >= 15 is 0 Å². The van der Waals surface area contributed by atoms with E-state index in [-0.39, 0.29) is 46.6 Å². The van der Waals surface area contributed by atoms with Gasteiger partial charge in [0.15, 0.2) is 17.9 Å². The van der Waals surface area contributed by atoms with Gasteiger partial charge in [0.05, 0.1) is 48.5 Å². The van der Waals surface area contributed by atoms with Crippen molar-refractivity contribution >= 4 is 46.9 Å². The van der Waals surface area contributed by atoms with Crippen molar-refractivity contribution < 1.29 is 83.2 Å². The molecule has 0 radical (unpaired) electrons. The number of Topliss-reactive ketones (excluding diaryl/α,β-unsaturated/α-hetero) is 1. The Bertz CT molecular complexity index is 2580. The number of rotatable bonds is 18. The number of ether oxygens (including phenoxy) is 3. The summed E-state index contributed by atoms with van der Waals surface area (Å²) in [6, 6.07) is 5.16. The first-order valence-electron chi connectivity index (χ1n) is 22.8. The zero-order valence-corrected chi connectivity index (χ0v) is 39.4. The Morgan fingerprint density at radius 1 is 0.871 bits per heavy atom. The number of carboxylic acid groups (broad SMARTS) is 1. The van der Waals surface area contributed by atoms with Crippen LogP contribution in [0.1, 0.15) is 121 Å². The molecule has 1 saturated heterocycles. The number of carbonyl (C=O) groups excluding carboxylic acids is 7. The predicted octanol–water partition coefficient (Wildman–Crippen LogP) is 1.52. The van der Waals surface area contributed by atoms with Gasteiger partial charge in [0.1, 0.15) is 52.8 Å². The number of hydrogen-bond donors (Lipinski definition) is 10. The molecule has 3 aromatic rings. The Hall–Kier alpha value is -6.94. The summed E-state index contributed by atoms with van der Waals surface area (Å²) in [7, 11) is 1.29. The molecule has 70 heavy (non-hydrogen) atoms. The molecule has 10 N–H and O–H groups in total. The van der Waals surface area contributed by atoms with Gasteiger partial charge in [-0.15, -0.1) is 0 Å². The number of nitrogens with one attached hydrogen (secondary N) is 4. The molecule has 21 nitrogen and oxygen atoms in total. The molecule has 2 aliphatic carbocycles. The van der Waals surface area contributed by atoms with Crippen molar-refractivity contribution in [2.45, 2.75) is 134 Å². The average Bonchev–Trinajstić information content (AvgIpc) is 3.31. The van der Waals surface area contributed by atoms with Crippen LogP contribution in [-0.4, -0.2) is 133 Å². The third kappa shape index (κ3) is 10.9. The summed E-state index contributed by atoms with van der Waals surface area (Å²) in [5.74, 6) is -8.70. The maximum absolute atomic E-state index is 14.1. The predicted molar refractivity (Wildman–Crippen MR) is 244 cm³/mol. The number of methoxy groups -OCH3 is 1. The van der Waals surface area contributed by atoms with E-state index in [0.29, 0.717) is 12.0 Å². The number of phenols is 3. The Kier molecular flexibility index (Phi) is 16.0. The van der Waals surface area contributed by atoms with E-state index in [9.17, 15) is 63.9 Å². The number of carbonyl (C=O) groups is 8. The third-order valence-electron chi connectivity index (χ3n) is 13.2. The van der Waals surface area contributed by atoms with E-state index in [0.717, 1.165) is 6.92 Å². The van der Waals surface area contributed by atoms with Crippen LogP contribution in [0.4, 0.5) is 0 Å². The molecule has 0 aromatic heterocycles. The maximum atomic E-state index is 14.1. The number of hydrogen-bond acceptors (Lipinski definition) is 16. The highest BCUT2D eigenvalue weighted by Gasteiger charge is 2.50. The Balaban J connectivity index is 1.20. The van der Waals surface area contributed by atoms with Crippen molar-refractivity contribution in [2.75, 3.05) is 7.11 Å². The summed E-state index contributed by atoms with van der Waals surface area (Å²) in [5.41, 5.74) is -3.42. The summed E-state index contributed by atoms with van der Waals surface area (Å²) in [6.07, 6.45) is -7.22. The third-order valence-corrected chi connectivity index (χ3v) is 13.2. The Morgan fingerprint density at radius 2 is 1.54 bits per heavy atom. The summed E-state index contributed by atoms with van der Waals surface area (Å²) >= 11 is 0. The minimum Gasteiger partial charge on any atom is -0.508 e. The fourth-order valence-corrected chi connectivity index (χ4v) is 8.96. The minimum absolute atomic E-state index is 0.0374. The van der Waals surface area contributed by atoms with Crippen LogP contribution in [0.5, 0.6) is 23.0 Å². The fourth-order valence-electron chi connectivity index (χ4n) is 8.96. The van der Waals surface area contributed by atoms with E-state index in [4.69, 9.17) is 19.3 Å². The minimum atomic E-state index is -2.20. The highest BCUT2D eigenvalue weighted by atomic mass is 16.7. The van der Waals surface area contributed by atoms with E-state index in [1.165, 1.54) is 63.4 Å². The molecule has 4 amide bonds. The number of aliphatic carboxylic acids is 1. The molecule has 376 valence electrons. The number of amides is 4. The van der Waals surface area contributed by atoms with Crippen molar-refractivity contribution in [1.82, 2.24) is 21.3 Å². The maximum Gasteiger partial charge on any atom is 0.303 e. The second-order valence-electron chi connectivity index (χ2n) is 18.1. The number of aliphatic hydroxyl groups excluding tert-OH is 1. The van der Waals surface area contributed by atoms with Gasteiger partial charge in [-0.3, -0.25) is 38.4 Å². The van der Waals surface area contributed by atoms with Gasteiger partial charge in [0, 0.05) is 48.8 Å². The molecule has 10 atom stereocenters. The SMILES string of the molecule is CC[C@H](C)[C@H](NC(=O)[C@H](C)NC(=O)[C@H](Cc1ccc(O)cc1)NC(=O)CCC(=O)O)C(=O)N[C@H]1C[C@H](O[C@H]2C[C@](O)(C(C)=O)Cc3c(O)c4c(c(O)c32)C(=O)c2c(OC)cccc2C4=O)O[C@@H](C)[C@H]1O. The Labute approximate surface area is 401 Å². The number of benzene rings is 3. The molecule has 1 heterocycles. The van der Waals surface area contributed by atoms with Gasteiger partial charge in [0.25, 0.3) is 0 Å². The summed E-state index contributed by atoms with van der Waals surface area (Å²) in [4.78, 5) is 106. The summed E-state index contributed by atoms with van der Waals surface area (Å²) < 4.78 is 17.7. The van der Waals surface area contributed by atoms with Crippen molar-refractivity contribution in [3.63, 3.8) is 0 Å². The second-order valence-corrected chi connectivity index (χ2v) is 18.1. The van der Waals surface area contributed by atoms with Crippen LogP contribution < -0.4 is 26.0 Å². The number of aromatic hydroxyl groups is 3. The molecule has 0 unspecified atom stereocenters. The lowest BCUT2D eigenvalue weighted by Gasteiger charge is -2.43. The van der Waals surface area contributed by atoms with E-state index < -0.39 is 156 Å². The zero-order valence-electron chi connectivity index (χ0n) is 39.4. The normalized spacial score (nSPS) is 23.2. The molecule has 21 heteroatoms. The first-order valence-corrected chi connectivity index (χ1v) is 22.8. The smallest absolute Gasteiger partial charge is 0.303 e. The number of phenolic OH excluding ortho intramolecular Hbond substituents is 3. The van der Waals surface area contributed by atoms with Crippen LogP contribution in [0.2, 0.25) is 0 Å². The van der Waals surface area contributed by atoms with E-state index in [1.807, 2.05) is 0 Å². The first kappa shape index (κ1) is 52.4. The van der Waals surface area contributed by atoms with Gasteiger partial charge in [-0.05, 0) is 50.5 Å². The summed E-state index contributed by atoms with van der Waals surface area (Å²) in [5, 5.41) is 75.8. The lowest BCUT2D eigenvalue weighted by Crippen LogP contribution is -2.61.